The van der Waals surface area contributed by atoms with Crippen LogP contribution in [0.1, 0.15) is 33.8 Å². The minimum atomic E-state index is -0.134. The van der Waals surface area contributed by atoms with Crippen molar-refractivity contribution in [1.82, 2.24) is 4.90 Å². The molecule has 0 aliphatic carbocycles. The van der Waals surface area contributed by atoms with E-state index in [0.29, 0.717) is 31.1 Å². The van der Waals surface area contributed by atoms with Gasteiger partial charge in [0.05, 0.1) is 19.3 Å². The Balaban J connectivity index is 1.69. The van der Waals surface area contributed by atoms with E-state index in [2.05, 4.69) is 12.1 Å². The predicted molar refractivity (Wildman–Crippen MR) is 102 cm³/mol. The number of carbonyl (C=O) groups excluding carboxylic acids is 1. The van der Waals surface area contributed by atoms with Crippen LogP contribution < -0.4 is 4.74 Å². The lowest BCUT2D eigenvalue weighted by atomic mass is 9.84. The molecule has 2 saturated heterocycles. The zero-order valence-electron chi connectivity index (χ0n) is 15.7. The van der Waals surface area contributed by atoms with Crippen LogP contribution in [0.25, 0.3) is 0 Å². The highest BCUT2D eigenvalue weighted by molar-refractivity contribution is 5.98. The van der Waals surface area contributed by atoms with Gasteiger partial charge in [-0.05, 0) is 36.6 Å². The fourth-order valence-corrected chi connectivity index (χ4v) is 4.51. The van der Waals surface area contributed by atoms with Gasteiger partial charge in [0.25, 0.3) is 5.91 Å². The van der Waals surface area contributed by atoms with Crippen LogP contribution in [0.4, 0.5) is 0 Å². The molecule has 2 aliphatic heterocycles. The van der Waals surface area contributed by atoms with Crippen LogP contribution in [-0.2, 0) is 4.74 Å². The number of ether oxygens (including phenoxy) is 2. The van der Waals surface area contributed by atoms with Crippen molar-refractivity contribution in [2.45, 2.75) is 25.3 Å². The largest absolute Gasteiger partial charge is 0.504 e. The maximum Gasteiger partial charge on any atom is 0.258 e. The average Bonchev–Trinajstić information content (AvgIpc) is 3.09. The fourth-order valence-electron chi connectivity index (χ4n) is 4.51. The van der Waals surface area contributed by atoms with Crippen LogP contribution in [0, 0.1) is 12.8 Å². The van der Waals surface area contributed by atoms with Crippen molar-refractivity contribution >= 4 is 5.91 Å². The van der Waals surface area contributed by atoms with Crippen molar-refractivity contribution in [2.75, 3.05) is 26.9 Å². The summed E-state index contributed by atoms with van der Waals surface area (Å²) in [5, 5.41) is 10.5. The molecule has 0 saturated carbocycles. The van der Waals surface area contributed by atoms with E-state index >= 15 is 0 Å². The Hall–Kier alpha value is -2.53. The van der Waals surface area contributed by atoms with Crippen LogP contribution in [-0.4, -0.2) is 48.8 Å². The minimum Gasteiger partial charge on any atom is -0.504 e. The van der Waals surface area contributed by atoms with Crippen LogP contribution in [0.15, 0.2) is 42.5 Å². The van der Waals surface area contributed by atoms with Gasteiger partial charge >= 0.3 is 0 Å². The molecule has 27 heavy (non-hydrogen) atoms. The van der Waals surface area contributed by atoms with Crippen molar-refractivity contribution in [3.05, 3.63) is 59.2 Å². The normalized spacial score (nSPS) is 24.5. The molecule has 0 radical (unpaired) electrons. The number of hydrogen-bond donors (Lipinski definition) is 1. The lowest BCUT2D eigenvalue weighted by Gasteiger charge is -2.32. The van der Waals surface area contributed by atoms with Gasteiger partial charge in [-0.2, -0.15) is 0 Å². The molecule has 5 heteroatoms. The SMILES string of the molecule is COc1cc(C)cc(C(=O)N2CC(c3ccccc3)C3COCCC32)c1O. The summed E-state index contributed by atoms with van der Waals surface area (Å²) in [6.07, 6.45) is 0.823. The Labute approximate surface area is 159 Å². The first-order valence-electron chi connectivity index (χ1n) is 9.41. The number of methoxy groups -OCH3 is 1. The zero-order chi connectivity index (χ0) is 19.0. The summed E-state index contributed by atoms with van der Waals surface area (Å²) in [6, 6.07) is 13.9. The van der Waals surface area contributed by atoms with E-state index < -0.39 is 0 Å². The molecule has 4 rings (SSSR count). The fraction of sp³-hybridized carbons (Fsp3) is 0.409. The molecule has 0 aromatic heterocycles. The van der Waals surface area contributed by atoms with Crippen LogP contribution in [0.3, 0.4) is 0 Å². The summed E-state index contributed by atoms with van der Waals surface area (Å²) in [5.41, 5.74) is 2.43. The summed E-state index contributed by atoms with van der Waals surface area (Å²) in [4.78, 5) is 15.3. The Kier molecular flexibility index (Phi) is 4.79. The number of hydrogen-bond acceptors (Lipinski definition) is 4. The molecule has 0 spiro atoms. The molecule has 3 atom stereocenters. The van der Waals surface area contributed by atoms with Gasteiger partial charge in [0.15, 0.2) is 11.5 Å². The second-order valence-electron chi connectivity index (χ2n) is 7.43. The Bertz CT molecular complexity index is 836. The standard InChI is InChI=1S/C22H25NO4/c1-14-10-16(21(24)20(11-14)26-2)22(25)23-12-17(15-6-4-3-5-7-15)18-13-27-9-8-19(18)23/h3-7,10-11,17-19,24H,8-9,12-13H2,1-2H3. The molecule has 0 bridgehead atoms. The number of nitrogens with zero attached hydrogens (tertiary/aromatic N) is 1. The molecule has 1 N–H and O–H groups in total. The van der Waals surface area contributed by atoms with Gasteiger partial charge in [0, 0.05) is 31.0 Å². The Morgan fingerprint density at radius 1 is 1.26 bits per heavy atom. The number of aromatic hydroxyl groups is 1. The molecular formula is C22H25NO4. The summed E-state index contributed by atoms with van der Waals surface area (Å²) in [6.45, 7) is 3.86. The first-order valence-corrected chi connectivity index (χ1v) is 9.41. The maximum atomic E-state index is 13.4. The third-order valence-electron chi connectivity index (χ3n) is 5.83. The molecule has 2 aromatic carbocycles. The number of rotatable bonds is 3. The van der Waals surface area contributed by atoms with Crippen molar-refractivity contribution in [3.63, 3.8) is 0 Å². The second-order valence-corrected chi connectivity index (χ2v) is 7.43. The van der Waals surface area contributed by atoms with Gasteiger partial charge < -0.3 is 19.5 Å². The number of phenolic OH excluding ortho intramolecular Hbond substituents is 1. The highest BCUT2D eigenvalue weighted by atomic mass is 16.5. The number of carbonyl (C=O) groups is 1. The van der Waals surface area contributed by atoms with Gasteiger partial charge in [-0.1, -0.05) is 30.3 Å². The van der Waals surface area contributed by atoms with Crippen molar-refractivity contribution in [3.8, 4) is 11.5 Å². The van der Waals surface area contributed by atoms with Crippen molar-refractivity contribution < 1.29 is 19.4 Å². The van der Waals surface area contributed by atoms with E-state index in [-0.39, 0.29) is 29.5 Å². The third kappa shape index (κ3) is 3.16. The lowest BCUT2D eigenvalue weighted by molar-refractivity contribution is 0.0188. The van der Waals surface area contributed by atoms with Gasteiger partial charge in [0.1, 0.15) is 0 Å². The van der Waals surface area contributed by atoms with Gasteiger partial charge in [-0.3, -0.25) is 4.79 Å². The zero-order valence-corrected chi connectivity index (χ0v) is 15.7. The highest BCUT2D eigenvalue weighted by Gasteiger charge is 2.46. The number of phenols is 1. The van der Waals surface area contributed by atoms with Gasteiger partial charge in [-0.15, -0.1) is 0 Å². The number of likely N-dealkylation sites (tertiary alicyclic amines) is 1. The molecule has 2 aromatic rings. The van der Waals surface area contributed by atoms with Gasteiger partial charge in [0.2, 0.25) is 0 Å². The molecule has 2 heterocycles. The molecule has 2 fully saturated rings. The smallest absolute Gasteiger partial charge is 0.258 e. The molecule has 142 valence electrons. The number of fused-ring (bicyclic) bond motifs is 1. The van der Waals surface area contributed by atoms with E-state index in [1.54, 1.807) is 12.1 Å². The van der Waals surface area contributed by atoms with Crippen molar-refractivity contribution in [2.24, 2.45) is 5.92 Å². The topological polar surface area (TPSA) is 59.0 Å². The molecule has 2 aliphatic rings. The molecule has 5 nitrogen and oxygen atoms in total. The quantitative estimate of drug-likeness (QED) is 0.904. The molecule has 1 amide bonds. The van der Waals surface area contributed by atoms with E-state index in [1.807, 2.05) is 30.0 Å². The van der Waals surface area contributed by atoms with Gasteiger partial charge in [-0.25, -0.2) is 0 Å². The summed E-state index contributed by atoms with van der Waals surface area (Å²) < 4.78 is 11.0. The van der Waals surface area contributed by atoms with Crippen LogP contribution in [0.2, 0.25) is 0 Å². The third-order valence-corrected chi connectivity index (χ3v) is 5.83. The van der Waals surface area contributed by atoms with E-state index in [0.717, 1.165) is 12.0 Å². The number of benzene rings is 2. The summed E-state index contributed by atoms with van der Waals surface area (Å²) >= 11 is 0. The maximum absolute atomic E-state index is 13.4. The van der Waals surface area contributed by atoms with Crippen LogP contribution >= 0.6 is 0 Å². The first kappa shape index (κ1) is 17.9. The summed E-state index contributed by atoms with van der Waals surface area (Å²) in [5.74, 6) is 0.638. The highest BCUT2D eigenvalue weighted by Crippen LogP contribution is 2.42. The van der Waals surface area contributed by atoms with E-state index in [1.165, 1.54) is 12.7 Å². The minimum absolute atomic E-state index is 0.0835. The number of aryl methyl sites for hydroxylation is 1. The van der Waals surface area contributed by atoms with Crippen molar-refractivity contribution in [1.29, 1.82) is 0 Å². The second kappa shape index (κ2) is 7.24. The summed E-state index contributed by atoms with van der Waals surface area (Å²) in [7, 11) is 1.50. The molecule has 3 unspecified atom stereocenters. The lowest BCUT2D eigenvalue weighted by Crippen LogP contribution is -2.42. The predicted octanol–water partition coefficient (Wildman–Crippen LogP) is 3.35. The molecular weight excluding hydrogens is 342 g/mol. The monoisotopic (exact) mass is 367 g/mol. The van der Waals surface area contributed by atoms with E-state index in [4.69, 9.17) is 9.47 Å². The average molecular weight is 367 g/mol. The Morgan fingerprint density at radius 3 is 2.78 bits per heavy atom. The number of amides is 1. The first-order chi connectivity index (χ1) is 13.1. The Morgan fingerprint density at radius 2 is 2.04 bits per heavy atom. The van der Waals surface area contributed by atoms with E-state index in [9.17, 15) is 9.90 Å². The van der Waals surface area contributed by atoms with Crippen LogP contribution in [0.5, 0.6) is 11.5 Å².